The molecule has 0 saturated heterocycles. The number of alkyl halides is 3. The number of hydrogen-bond donors (Lipinski definition) is 2. The number of methoxy groups -OCH3 is 1. The first-order chi connectivity index (χ1) is 11.3. The van der Waals surface area contributed by atoms with Crippen molar-refractivity contribution in [3.05, 3.63) is 48.5 Å². The molecule has 0 fully saturated rings. The number of para-hydroxylation sites is 1. The topological polar surface area (TPSA) is 76.1 Å². The molecule has 0 spiro atoms. The maximum absolute atomic E-state index is 13.8. The van der Waals surface area contributed by atoms with E-state index in [1.165, 1.54) is 30.6 Å². The van der Waals surface area contributed by atoms with E-state index in [-0.39, 0.29) is 0 Å². The Morgan fingerprint density at radius 2 is 1.71 bits per heavy atom. The van der Waals surface area contributed by atoms with Gasteiger partial charge in [0, 0.05) is 12.4 Å². The second kappa shape index (κ2) is 6.69. The summed E-state index contributed by atoms with van der Waals surface area (Å²) in [6.45, 7) is 0. The van der Waals surface area contributed by atoms with Crippen LogP contribution in [0.5, 0.6) is 0 Å². The van der Waals surface area contributed by atoms with Crippen LogP contribution in [0, 0.1) is 5.82 Å². The number of ether oxygens (including phenoxy) is 1. The van der Waals surface area contributed by atoms with E-state index in [4.69, 9.17) is 0 Å². The minimum atomic E-state index is -5.21. The molecule has 0 aliphatic carbocycles. The number of anilines is 2. The van der Waals surface area contributed by atoms with E-state index in [1.807, 2.05) is 10.6 Å². The highest BCUT2D eigenvalue weighted by Crippen LogP contribution is 2.35. The Labute approximate surface area is 133 Å². The van der Waals surface area contributed by atoms with Crippen LogP contribution in [0.2, 0.25) is 0 Å². The average Bonchev–Trinajstić information content (AvgIpc) is 2.55. The first-order valence-electron chi connectivity index (χ1n) is 6.53. The van der Waals surface area contributed by atoms with Crippen molar-refractivity contribution >= 4 is 17.6 Å². The van der Waals surface area contributed by atoms with Crippen LogP contribution in [0.4, 0.5) is 29.2 Å². The Morgan fingerprint density at radius 1 is 1.08 bits per heavy atom. The molecule has 10 heteroatoms. The fourth-order valence-electron chi connectivity index (χ4n) is 1.84. The summed E-state index contributed by atoms with van der Waals surface area (Å²) in [4.78, 5) is 19.1. The van der Waals surface area contributed by atoms with Crippen molar-refractivity contribution in [2.75, 3.05) is 17.7 Å². The lowest BCUT2D eigenvalue weighted by atomic mass is 10.1. The molecule has 0 unspecified atom stereocenters. The summed E-state index contributed by atoms with van der Waals surface area (Å²) in [5.74, 6) is -3.21. The molecule has 128 valence electrons. The van der Waals surface area contributed by atoms with Gasteiger partial charge in [0.05, 0.1) is 12.8 Å². The molecule has 0 aliphatic heterocycles. The van der Waals surface area contributed by atoms with Gasteiger partial charge in [-0.05, 0) is 18.2 Å². The monoisotopic (exact) mass is 344 g/mol. The van der Waals surface area contributed by atoms with Crippen LogP contribution in [-0.4, -0.2) is 34.9 Å². The molecule has 6 nitrogen and oxygen atoms in total. The van der Waals surface area contributed by atoms with Crippen molar-refractivity contribution in [2.24, 2.45) is 0 Å². The Balaban J connectivity index is 2.54. The molecule has 24 heavy (non-hydrogen) atoms. The van der Waals surface area contributed by atoms with Gasteiger partial charge < -0.3 is 15.4 Å². The highest BCUT2D eigenvalue weighted by atomic mass is 19.4. The third-order valence-corrected chi connectivity index (χ3v) is 2.98. The zero-order valence-electron chi connectivity index (χ0n) is 12.3. The van der Waals surface area contributed by atoms with E-state index in [0.717, 1.165) is 19.2 Å². The zero-order chi connectivity index (χ0) is 17.8. The molecule has 0 amide bonds. The van der Waals surface area contributed by atoms with Crippen LogP contribution in [0.3, 0.4) is 0 Å². The lowest BCUT2D eigenvalue weighted by molar-refractivity contribution is -0.193. The second-order valence-electron chi connectivity index (χ2n) is 4.54. The standard InChI is InChI=1S/C14H12F4N4O2/c1-24-11(23)13(14(16,17)18,22-12-19-7-4-8-20-12)21-10-6-3-2-5-9(10)15/h2-8,21H,1H3,(H,19,20,22)/t13-/m1/s1. The molecule has 1 heterocycles. The van der Waals surface area contributed by atoms with Gasteiger partial charge in [0.2, 0.25) is 5.95 Å². The first-order valence-corrected chi connectivity index (χ1v) is 6.53. The van der Waals surface area contributed by atoms with Gasteiger partial charge in [0.1, 0.15) is 5.82 Å². The summed E-state index contributed by atoms with van der Waals surface area (Å²) in [7, 11) is 0.777. The third kappa shape index (κ3) is 3.36. The summed E-state index contributed by atoms with van der Waals surface area (Å²) >= 11 is 0. The van der Waals surface area contributed by atoms with Crippen LogP contribution in [0.15, 0.2) is 42.7 Å². The Bertz CT molecular complexity index is 711. The number of benzene rings is 1. The van der Waals surface area contributed by atoms with E-state index in [2.05, 4.69) is 14.7 Å². The molecular formula is C14H12F4N4O2. The summed E-state index contributed by atoms with van der Waals surface area (Å²) in [6, 6.07) is 5.97. The van der Waals surface area contributed by atoms with Crippen LogP contribution >= 0.6 is 0 Å². The largest absolute Gasteiger partial charge is 0.466 e. The maximum Gasteiger partial charge on any atom is 0.441 e. The van der Waals surface area contributed by atoms with Gasteiger partial charge in [-0.1, -0.05) is 12.1 Å². The van der Waals surface area contributed by atoms with Crippen LogP contribution in [-0.2, 0) is 9.53 Å². The minimum absolute atomic E-state index is 0.496. The van der Waals surface area contributed by atoms with Gasteiger partial charge in [-0.15, -0.1) is 0 Å². The highest BCUT2D eigenvalue weighted by molar-refractivity contribution is 5.88. The fourth-order valence-corrected chi connectivity index (χ4v) is 1.84. The van der Waals surface area contributed by atoms with Gasteiger partial charge in [0.25, 0.3) is 0 Å². The predicted octanol–water partition coefficient (Wildman–Crippen LogP) is 2.57. The van der Waals surface area contributed by atoms with E-state index in [9.17, 15) is 22.4 Å². The molecule has 0 aliphatic rings. The number of nitrogens with zero attached hydrogens (tertiary/aromatic N) is 2. The Kier molecular flexibility index (Phi) is 4.86. The van der Waals surface area contributed by atoms with Crippen LogP contribution < -0.4 is 10.6 Å². The number of carbonyl (C=O) groups is 1. The molecule has 2 aromatic rings. The summed E-state index contributed by atoms with van der Waals surface area (Å²) in [6.07, 6.45) is -2.85. The summed E-state index contributed by atoms with van der Waals surface area (Å²) < 4.78 is 59.2. The maximum atomic E-state index is 13.8. The van der Waals surface area contributed by atoms with E-state index >= 15 is 0 Å². The third-order valence-electron chi connectivity index (χ3n) is 2.98. The number of aromatic nitrogens is 2. The van der Waals surface area contributed by atoms with E-state index in [0.29, 0.717) is 0 Å². The quantitative estimate of drug-likeness (QED) is 0.493. The van der Waals surface area contributed by atoms with Gasteiger partial charge in [-0.3, -0.25) is 0 Å². The van der Waals surface area contributed by atoms with Crippen molar-refractivity contribution < 1.29 is 27.1 Å². The molecule has 0 bridgehead atoms. The summed E-state index contributed by atoms with van der Waals surface area (Å²) in [5, 5.41) is 3.69. The second-order valence-corrected chi connectivity index (χ2v) is 4.54. The minimum Gasteiger partial charge on any atom is -0.466 e. The van der Waals surface area contributed by atoms with Crippen LogP contribution in [0.25, 0.3) is 0 Å². The molecule has 0 radical (unpaired) electrons. The first kappa shape index (κ1) is 17.4. The molecule has 1 aromatic heterocycles. The number of esters is 1. The molecular weight excluding hydrogens is 332 g/mol. The molecule has 2 N–H and O–H groups in total. The van der Waals surface area contributed by atoms with Crippen molar-refractivity contribution in [1.29, 1.82) is 0 Å². The van der Waals surface area contributed by atoms with Gasteiger partial charge in [-0.2, -0.15) is 13.2 Å². The van der Waals surface area contributed by atoms with E-state index in [1.54, 1.807) is 0 Å². The zero-order valence-corrected chi connectivity index (χ0v) is 12.3. The Hall–Kier alpha value is -2.91. The normalized spacial score (nSPS) is 13.7. The predicted molar refractivity (Wildman–Crippen MR) is 76.5 cm³/mol. The number of nitrogens with one attached hydrogen (secondary N) is 2. The van der Waals surface area contributed by atoms with Crippen molar-refractivity contribution in [3.8, 4) is 0 Å². The number of rotatable bonds is 5. The number of carbonyl (C=O) groups excluding carboxylic acids is 1. The fraction of sp³-hybridized carbons (Fsp3) is 0.214. The molecule has 1 aromatic carbocycles. The number of hydrogen-bond acceptors (Lipinski definition) is 6. The Morgan fingerprint density at radius 3 is 2.25 bits per heavy atom. The molecule has 0 saturated carbocycles. The van der Waals surface area contributed by atoms with E-state index < -0.39 is 35.3 Å². The lowest BCUT2D eigenvalue weighted by Gasteiger charge is -2.35. The number of halogens is 4. The van der Waals surface area contributed by atoms with Crippen molar-refractivity contribution in [3.63, 3.8) is 0 Å². The smallest absolute Gasteiger partial charge is 0.441 e. The van der Waals surface area contributed by atoms with Crippen molar-refractivity contribution in [1.82, 2.24) is 9.97 Å². The van der Waals surface area contributed by atoms with Crippen molar-refractivity contribution in [2.45, 2.75) is 11.8 Å². The SMILES string of the molecule is COC(=O)[C@](Nc1ncccn1)(Nc1ccccc1F)C(F)(F)F. The lowest BCUT2D eigenvalue weighted by Crippen LogP contribution is -2.64. The van der Waals surface area contributed by atoms with Crippen LogP contribution in [0.1, 0.15) is 0 Å². The van der Waals surface area contributed by atoms with Gasteiger partial charge in [0.15, 0.2) is 0 Å². The average molecular weight is 344 g/mol. The van der Waals surface area contributed by atoms with Gasteiger partial charge in [-0.25, -0.2) is 19.2 Å². The highest BCUT2D eigenvalue weighted by Gasteiger charge is 2.63. The molecule has 1 atom stereocenters. The summed E-state index contributed by atoms with van der Waals surface area (Å²) in [5.41, 5.74) is -4.03. The molecule has 2 rings (SSSR count). The van der Waals surface area contributed by atoms with Gasteiger partial charge >= 0.3 is 17.8 Å².